The van der Waals surface area contributed by atoms with Crippen LogP contribution in [0, 0.1) is 5.92 Å². The van der Waals surface area contributed by atoms with Crippen molar-refractivity contribution >= 4 is 41.4 Å². The second kappa shape index (κ2) is 13.3. The standard InChI is InChI=1S/C24H35N5O2.HI/c1-5-25-24(28-20-8-9-21(30-4)22(15-20)31-6-2)27-17-19-7-10-23(26-16-19)29-13-11-18(3)12-14-29;/h7-10,15-16,18H,5-6,11-14,17H2,1-4H3,(H2,25,27,28);1H. The lowest BCUT2D eigenvalue weighted by atomic mass is 9.99. The third kappa shape index (κ3) is 7.43. The van der Waals surface area contributed by atoms with E-state index in [0.29, 0.717) is 30.6 Å². The molecule has 7 nitrogen and oxygen atoms in total. The Morgan fingerprint density at radius 3 is 2.56 bits per heavy atom. The zero-order valence-electron chi connectivity index (χ0n) is 19.6. The molecule has 1 aliphatic heterocycles. The molecule has 0 radical (unpaired) electrons. The van der Waals surface area contributed by atoms with Crippen LogP contribution >= 0.6 is 24.0 Å². The second-order valence-electron chi connectivity index (χ2n) is 7.81. The third-order valence-corrected chi connectivity index (χ3v) is 5.41. The van der Waals surface area contributed by atoms with E-state index in [9.17, 15) is 0 Å². The van der Waals surface area contributed by atoms with E-state index < -0.39 is 0 Å². The van der Waals surface area contributed by atoms with Crippen LogP contribution in [0.3, 0.4) is 0 Å². The molecule has 1 aromatic heterocycles. The van der Waals surface area contributed by atoms with Crippen molar-refractivity contribution in [2.24, 2.45) is 10.9 Å². The van der Waals surface area contributed by atoms with E-state index in [-0.39, 0.29) is 24.0 Å². The van der Waals surface area contributed by atoms with Gasteiger partial charge in [-0.15, -0.1) is 24.0 Å². The summed E-state index contributed by atoms with van der Waals surface area (Å²) < 4.78 is 11.0. The van der Waals surface area contributed by atoms with Crippen molar-refractivity contribution in [2.45, 2.75) is 40.2 Å². The summed E-state index contributed by atoms with van der Waals surface area (Å²) in [4.78, 5) is 11.8. The average Bonchev–Trinajstić information content (AvgIpc) is 2.79. The zero-order chi connectivity index (χ0) is 22.1. The van der Waals surface area contributed by atoms with Crippen LogP contribution in [0.4, 0.5) is 11.5 Å². The monoisotopic (exact) mass is 553 g/mol. The number of nitrogens with one attached hydrogen (secondary N) is 2. The van der Waals surface area contributed by atoms with Gasteiger partial charge >= 0.3 is 0 Å². The molecule has 2 N–H and O–H groups in total. The Balaban J connectivity index is 0.00000363. The molecule has 2 aromatic rings. The fourth-order valence-electron chi connectivity index (χ4n) is 3.57. The van der Waals surface area contributed by atoms with Gasteiger partial charge in [0.1, 0.15) is 5.82 Å². The summed E-state index contributed by atoms with van der Waals surface area (Å²) in [5.41, 5.74) is 1.97. The van der Waals surface area contributed by atoms with Gasteiger partial charge in [0.25, 0.3) is 0 Å². The molecular weight excluding hydrogens is 517 g/mol. The first-order chi connectivity index (χ1) is 15.1. The Hall–Kier alpha value is -2.23. The number of piperidine rings is 1. The fraction of sp³-hybridized carbons (Fsp3) is 0.500. The van der Waals surface area contributed by atoms with Crippen molar-refractivity contribution in [1.29, 1.82) is 0 Å². The average molecular weight is 553 g/mol. The van der Waals surface area contributed by atoms with Crippen molar-refractivity contribution in [1.82, 2.24) is 10.3 Å². The van der Waals surface area contributed by atoms with Gasteiger partial charge in [-0.2, -0.15) is 0 Å². The lowest BCUT2D eigenvalue weighted by Gasteiger charge is -2.31. The summed E-state index contributed by atoms with van der Waals surface area (Å²) in [6.07, 6.45) is 4.41. The summed E-state index contributed by atoms with van der Waals surface area (Å²) in [5, 5.41) is 6.63. The molecule has 0 atom stereocenters. The molecule has 32 heavy (non-hydrogen) atoms. The first-order valence-electron chi connectivity index (χ1n) is 11.2. The Kier molecular flexibility index (Phi) is 10.9. The van der Waals surface area contributed by atoms with Crippen LogP contribution in [-0.2, 0) is 6.54 Å². The summed E-state index contributed by atoms with van der Waals surface area (Å²) in [6.45, 7) is 10.4. The Bertz CT molecular complexity index is 852. The number of guanidine groups is 1. The summed E-state index contributed by atoms with van der Waals surface area (Å²) >= 11 is 0. The lowest BCUT2D eigenvalue weighted by Crippen LogP contribution is -2.33. The molecule has 0 aliphatic carbocycles. The SMILES string of the molecule is CCNC(=NCc1ccc(N2CCC(C)CC2)nc1)Nc1ccc(OC)c(OCC)c1.I. The van der Waals surface area contributed by atoms with Gasteiger partial charge in [0.15, 0.2) is 17.5 Å². The van der Waals surface area contributed by atoms with E-state index in [1.807, 2.05) is 38.2 Å². The number of pyridine rings is 1. The van der Waals surface area contributed by atoms with Gasteiger partial charge in [0.05, 0.1) is 20.3 Å². The molecule has 0 unspecified atom stereocenters. The molecule has 1 saturated heterocycles. The number of halogens is 1. The summed E-state index contributed by atoms with van der Waals surface area (Å²) in [6, 6.07) is 9.99. The predicted octanol–water partition coefficient (Wildman–Crippen LogP) is 4.92. The number of aromatic nitrogens is 1. The van der Waals surface area contributed by atoms with Crippen molar-refractivity contribution in [3.8, 4) is 11.5 Å². The van der Waals surface area contributed by atoms with Gasteiger partial charge in [0, 0.05) is 37.6 Å². The van der Waals surface area contributed by atoms with Gasteiger partial charge in [-0.3, -0.25) is 0 Å². The van der Waals surface area contributed by atoms with Crippen LogP contribution in [0.5, 0.6) is 11.5 Å². The van der Waals surface area contributed by atoms with Crippen LogP contribution in [0.2, 0.25) is 0 Å². The zero-order valence-corrected chi connectivity index (χ0v) is 21.9. The molecular formula is C24H36IN5O2. The lowest BCUT2D eigenvalue weighted by molar-refractivity contribution is 0.311. The van der Waals surface area contributed by atoms with Crippen LogP contribution < -0.4 is 25.0 Å². The highest BCUT2D eigenvalue weighted by Crippen LogP contribution is 2.30. The minimum Gasteiger partial charge on any atom is -0.493 e. The topological polar surface area (TPSA) is 71.0 Å². The smallest absolute Gasteiger partial charge is 0.196 e. The van der Waals surface area contributed by atoms with E-state index in [1.165, 1.54) is 12.8 Å². The maximum Gasteiger partial charge on any atom is 0.196 e. The molecule has 0 amide bonds. The maximum absolute atomic E-state index is 5.67. The molecule has 2 heterocycles. The highest BCUT2D eigenvalue weighted by atomic mass is 127. The molecule has 176 valence electrons. The summed E-state index contributed by atoms with van der Waals surface area (Å²) in [7, 11) is 1.64. The van der Waals surface area contributed by atoms with Gasteiger partial charge in [-0.1, -0.05) is 13.0 Å². The predicted molar refractivity (Wildman–Crippen MR) is 143 cm³/mol. The van der Waals surface area contributed by atoms with Crippen molar-refractivity contribution in [3.63, 3.8) is 0 Å². The first kappa shape index (κ1) is 26.0. The van der Waals surface area contributed by atoms with Gasteiger partial charge in [-0.25, -0.2) is 9.98 Å². The minimum absolute atomic E-state index is 0. The highest BCUT2D eigenvalue weighted by Gasteiger charge is 2.16. The Morgan fingerprint density at radius 1 is 1.16 bits per heavy atom. The van der Waals surface area contributed by atoms with E-state index in [4.69, 9.17) is 14.5 Å². The maximum atomic E-state index is 5.67. The number of methoxy groups -OCH3 is 1. The van der Waals surface area contributed by atoms with Crippen LogP contribution in [0.15, 0.2) is 41.5 Å². The molecule has 0 saturated carbocycles. The molecule has 3 rings (SSSR count). The van der Waals surface area contributed by atoms with E-state index in [0.717, 1.165) is 42.6 Å². The number of aliphatic imine (C=N–C) groups is 1. The number of benzene rings is 1. The van der Waals surface area contributed by atoms with Crippen LogP contribution in [0.1, 0.15) is 39.2 Å². The second-order valence-corrected chi connectivity index (χ2v) is 7.81. The van der Waals surface area contributed by atoms with E-state index >= 15 is 0 Å². The molecule has 1 fully saturated rings. The number of hydrogen-bond donors (Lipinski definition) is 2. The van der Waals surface area contributed by atoms with E-state index in [2.05, 4.69) is 39.6 Å². The van der Waals surface area contributed by atoms with Crippen molar-refractivity contribution in [3.05, 3.63) is 42.1 Å². The summed E-state index contributed by atoms with van der Waals surface area (Å²) in [5.74, 6) is 4.01. The molecule has 0 bridgehead atoms. The third-order valence-electron chi connectivity index (χ3n) is 5.41. The van der Waals surface area contributed by atoms with Crippen LogP contribution in [-0.4, -0.2) is 44.3 Å². The largest absolute Gasteiger partial charge is 0.493 e. The Labute approximate surface area is 209 Å². The first-order valence-corrected chi connectivity index (χ1v) is 11.2. The number of anilines is 2. The molecule has 1 aliphatic rings. The Morgan fingerprint density at radius 2 is 1.94 bits per heavy atom. The fourth-order valence-corrected chi connectivity index (χ4v) is 3.57. The number of hydrogen-bond acceptors (Lipinski definition) is 5. The quantitative estimate of drug-likeness (QED) is 0.275. The van der Waals surface area contributed by atoms with Crippen molar-refractivity contribution < 1.29 is 9.47 Å². The number of rotatable bonds is 8. The molecule has 8 heteroatoms. The van der Waals surface area contributed by atoms with Gasteiger partial charge in [0.2, 0.25) is 0 Å². The van der Waals surface area contributed by atoms with E-state index in [1.54, 1.807) is 7.11 Å². The highest BCUT2D eigenvalue weighted by molar-refractivity contribution is 14.0. The van der Waals surface area contributed by atoms with Gasteiger partial charge in [-0.05, 0) is 56.4 Å². The van der Waals surface area contributed by atoms with Crippen molar-refractivity contribution in [2.75, 3.05) is 43.6 Å². The van der Waals surface area contributed by atoms with Crippen LogP contribution in [0.25, 0.3) is 0 Å². The molecule has 0 spiro atoms. The minimum atomic E-state index is 0. The number of ether oxygens (including phenoxy) is 2. The van der Waals surface area contributed by atoms with Gasteiger partial charge < -0.3 is 25.0 Å². The number of nitrogens with zero attached hydrogens (tertiary/aromatic N) is 3. The molecule has 1 aromatic carbocycles. The normalized spacial score (nSPS) is 14.5.